The lowest BCUT2D eigenvalue weighted by Crippen LogP contribution is -2.27. The molecule has 4 heteroatoms. The highest BCUT2D eigenvalue weighted by Crippen LogP contribution is 2.22. The minimum absolute atomic E-state index is 0.474. The predicted octanol–water partition coefficient (Wildman–Crippen LogP) is 3.25. The van der Waals surface area contributed by atoms with Crippen molar-refractivity contribution in [3.8, 4) is 6.07 Å². The molecule has 0 spiro atoms. The molecule has 0 saturated carbocycles. The van der Waals surface area contributed by atoms with Gasteiger partial charge in [-0.3, -0.25) is 0 Å². The molecule has 1 aromatic carbocycles. The maximum Gasteiger partial charge on any atom is 0.186 e. The van der Waals surface area contributed by atoms with Crippen molar-refractivity contribution in [1.29, 1.82) is 5.26 Å². The minimum Gasteiger partial charge on any atom is -0.399 e. The van der Waals surface area contributed by atoms with Crippen molar-refractivity contribution in [3.63, 3.8) is 0 Å². The highest BCUT2D eigenvalue weighted by atomic mass is 28.4. The van der Waals surface area contributed by atoms with Crippen molar-refractivity contribution in [2.45, 2.75) is 32.4 Å². The third-order valence-electron chi connectivity index (χ3n) is 2.15. The van der Waals surface area contributed by atoms with Crippen LogP contribution in [-0.4, -0.2) is 15.4 Å². The van der Waals surface area contributed by atoms with Crippen LogP contribution in [0.1, 0.15) is 17.2 Å². The largest absolute Gasteiger partial charge is 0.399 e. The molecular formula is C13H19NO2Si. The third-order valence-corrected chi connectivity index (χ3v) is 3.10. The van der Waals surface area contributed by atoms with E-state index >= 15 is 0 Å². The van der Waals surface area contributed by atoms with Crippen molar-refractivity contribution < 1.29 is 9.16 Å². The molecule has 1 atom stereocenters. The summed E-state index contributed by atoms with van der Waals surface area (Å²) in [4.78, 5) is 0. The van der Waals surface area contributed by atoms with Crippen LogP contribution in [0.2, 0.25) is 19.6 Å². The molecule has 3 nitrogen and oxygen atoms in total. The van der Waals surface area contributed by atoms with Crippen molar-refractivity contribution in [1.82, 2.24) is 0 Å². The fourth-order valence-corrected chi connectivity index (χ4v) is 2.43. The van der Waals surface area contributed by atoms with Gasteiger partial charge in [0.25, 0.3) is 0 Å². The number of nitrogens with zero attached hydrogens (tertiary/aromatic N) is 1. The number of rotatable bonds is 5. The van der Waals surface area contributed by atoms with Crippen molar-refractivity contribution in [2.24, 2.45) is 0 Å². The van der Waals surface area contributed by atoms with E-state index < -0.39 is 14.4 Å². The first-order valence-electron chi connectivity index (χ1n) is 5.61. The van der Waals surface area contributed by atoms with Gasteiger partial charge in [0.15, 0.2) is 14.4 Å². The zero-order valence-electron chi connectivity index (χ0n) is 10.9. The first-order valence-corrected chi connectivity index (χ1v) is 9.02. The number of benzene rings is 1. The molecule has 92 valence electrons. The lowest BCUT2D eigenvalue weighted by atomic mass is 10.1. The van der Waals surface area contributed by atoms with Crippen molar-refractivity contribution in [3.05, 3.63) is 35.4 Å². The fourth-order valence-electron chi connectivity index (χ4n) is 1.54. The van der Waals surface area contributed by atoms with E-state index in [1.807, 2.05) is 24.3 Å². The highest BCUT2D eigenvalue weighted by Gasteiger charge is 2.22. The first kappa shape index (κ1) is 13.9. The highest BCUT2D eigenvalue weighted by molar-refractivity contribution is 6.69. The summed E-state index contributed by atoms with van der Waals surface area (Å²) in [5.74, 6) is 0. The second-order valence-electron chi connectivity index (χ2n) is 4.92. The molecule has 0 N–H and O–H groups in total. The molecular weight excluding hydrogens is 230 g/mol. The van der Waals surface area contributed by atoms with E-state index in [4.69, 9.17) is 9.16 Å². The minimum atomic E-state index is -1.71. The van der Waals surface area contributed by atoms with Crippen molar-refractivity contribution in [2.75, 3.05) is 7.11 Å². The van der Waals surface area contributed by atoms with Crippen LogP contribution in [0.15, 0.2) is 24.3 Å². The lowest BCUT2D eigenvalue weighted by Gasteiger charge is -2.22. The van der Waals surface area contributed by atoms with Crippen LogP contribution in [0.5, 0.6) is 0 Å². The Hall–Kier alpha value is -1.15. The van der Waals surface area contributed by atoms with Gasteiger partial charge in [0, 0.05) is 7.11 Å². The SMILES string of the molecule is COCc1cccc(C(C#N)O[Si](C)(C)C)c1. The van der Waals surface area contributed by atoms with Gasteiger partial charge in [-0.15, -0.1) is 0 Å². The van der Waals surface area contributed by atoms with Gasteiger partial charge in [0.05, 0.1) is 12.7 Å². The summed E-state index contributed by atoms with van der Waals surface area (Å²) in [6.07, 6.45) is -0.474. The lowest BCUT2D eigenvalue weighted by molar-refractivity contribution is 0.184. The average Bonchev–Trinajstić information content (AvgIpc) is 2.25. The first-order chi connectivity index (χ1) is 7.96. The van der Waals surface area contributed by atoms with Gasteiger partial charge < -0.3 is 9.16 Å². The smallest absolute Gasteiger partial charge is 0.186 e. The van der Waals surface area contributed by atoms with Gasteiger partial charge in [0.1, 0.15) is 0 Å². The van der Waals surface area contributed by atoms with E-state index in [0.717, 1.165) is 11.1 Å². The Kier molecular flexibility index (Phi) is 4.88. The molecule has 0 heterocycles. The number of nitriles is 1. The summed E-state index contributed by atoms with van der Waals surface area (Å²) in [5, 5.41) is 9.18. The van der Waals surface area contributed by atoms with Gasteiger partial charge in [-0.25, -0.2) is 0 Å². The Labute approximate surface area is 104 Å². The molecule has 0 aliphatic rings. The molecule has 0 saturated heterocycles. The molecule has 0 aliphatic heterocycles. The Morgan fingerprint density at radius 2 is 2.06 bits per heavy atom. The standard InChI is InChI=1S/C13H19NO2Si/c1-15-10-11-6-5-7-12(8-11)13(9-14)16-17(2,3)4/h5-8,13H,10H2,1-4H3. The molecule has 1 unspecified atom stereocenters. The summed E-state index contributed by atoms with van der Waals surface area (Å²) in [7, 11) is -0.0539. The summed E-state index contributed by atoms with van der Waals surface area (Å²) < 4.78 is 10.9. The van der Waals surface area contributed by atoms with Crippen molar-refractivity contribution >= 4 is 8.32 Å². The Bertz CT molecular complexity index is 407. The number of ether oxygens (including phenoxy) is 1. The van der Waals surface area contributed by atoms with Gasteiger partial charge >= 0.3 is 0 Å². The zero-order chi connectivity index (χ0) is 12.9. The molecule has 1 aromatic rings. The average molecular weight is 249 g/mol. The van der Waals surface area contributed by atoms with Gasteiger partial charge in [-0.1, -0.05) is 18.2 Å². The topological polar surface area (TPSA) is 42.2 Å². The monoisotopic (exact) mass is 249 g/mol. The summed E-state index contributed by atoms with van der Waals surface area (Å²) in [6.45, 7) is 6.79. The second-order valence-corrected chi connectivity index (χ2v) is 9.38. The van der Waals surface area contributed by atoms with Gasteiger partial charge in [-0.05, 0) is 36.8 Å². The Morgan fingerprint density at radius 1 is 1.35 bits per heavy atom. The number of hydrogen-bond acceptors (Lipinski definition) is 3. The molecule has 0 fully saturated rings. The van der Waals surface area contributed by atoms with E-state index in [1.165, 1.54) is 0 Å². The van der Waals surface area contributed by atoms with E-state index in [2.05, 4.69) is 25.7 Å². The third kappa shape index (κ3) is 4.69. The normalized spacial score (nSPS) is 13.1. The summed E-state index contributed by atoms with van der Waals surface area (Å²) >= 11 is 0. The van der Waals surface area contributed by atoms with Crippen LogP contribution in [0.3, 0.4) is 0 Å². The van der Waals surface area contributed by atoms with Gasteiger partial charge in [0.2, 0.25) is 0 Å². The second kappa shape index (κ2) is 5.96. The number of hydrogen-bond donors (Lipinski definition) is 0. The van der Waals surface area contributed by atoms with E-state index in [9.17, 15) is 5.26 Å². The van der Waals surface area contributed by atoms with Crippen LogP contribution in [0, 0.1) is 11.3 Å². The van der Waals surface area contributed by atoms with Crippen LogP contribution in [0.25, 0.3) is 0 Å². The van der Waals surface area contributed by atoms with Crippen LogP contribution >= 0.6 is 0 Å². The molecule has 0 radical (unpaired) electrons. The summed E-state index contributed by atoms with van der Waals surface area (Å²) in [5.41, 5.74) is 1.97. The maximum absolute atomic E-state index is 9.18. The molecule has 0 aromatic heterocycles. The molecule has 1 rings (SSSR count). The fraction of sp³-hybridized carbons (Fsp3) is 0.462. The van der Waals surface area contributed by atoms with Crippen LogP contribution in [-0.2, 0) is 15.8 Å². The van der Waals surface area contributed by atoms with Crippen LogP contribution in [0.4, 0.5) is 0 Å². The molecule has 17 heavy (non-hydrogen) atoms. The molecule has 0 amide bonds. The molecule has 0 bridgehead atoms. The Morgan fingerprint density at radius 3 is 2.59 bits per heavy atom. The van der Waals surface area contributed by atoms with Gasteiger partial charge in [-0.2, -0.15) is 5.26 Å². The molecule has 0 aliphatic carbocycles. The Balaban J connectivity index is 2.89. The number of methoxy groups -OCH3 is 1. The van der Waals surface area contributed by atoms with Crippen LogP contribution < -0.4 is 0 Å². The maximum atomic E-state index is 9.18. The summed E-state index contributed by atoms with van der Waals surface area (Å²) in [6, 6.07) is 10.0. The van der Waals surface area contributed by atoms with E-state index in [1.54, 1.807) is 7.11 Å². The quantitative estimate of drug-likeness (QED) is 0.752. The van der Waals surface area contributed by atoms with E-state index in [-0.39, 0.29) is 0 Å². The zero-order valence-corrected chi connectivity index (χ0v) is 11.9. The predicted molar refractivity (Wildman–Crippen MR) is 69.9 cm³/mol. The van der Waals surface area contributed by atoms with E-state index in [0.29, 0.717) is 6.61 Å².